The number of halogens is 1. The minimum Gasteiger partial charge on any atom is -0.494 e. The van der Waals surface area contributed by atoms with E-state index in [9.17, 15) is 13.2 Å². The first-order valence-corrected chi connectivity index (χ1v) is 11.5. The molecule has 0 aromatic heterocycles. The Bertz CT molecular complexity index is 930. The molecule has 1 atom stereocenters. The van der Waals surface area contributed by atoms with Gasteiger partial charge in [0.25, 0.3) is 0 Å². The highest BCUT2D eigenvalue weighted by Crippen LogP contribution is 2.26. The van der Waals surface area contributed by atoms with Gasteiger partial charge >= 0.3 is 0 Å². The smallest absolute Gasteiger partial charge is 0.244 e. The van der Waals surface area contributed by atoms with Gasteiger partial charge in [-0.05, 0) is 68.1 Å². The van der Waals surface area contributed by atoms with Gasteiger partial charge in [0.2, 0.25) is 15.9 Å². The summed E-state index contributed by atoms with van der Waals surface area (Å²) in [6, 6.07) is 12.5. The van der Waals surface area contributed by atoms with Crippen molar-refractivity contribution in [2.45, 2.75) is 43.7 Å². The van der Waals surface area contributed by atoms with Crippen molar-refractivity contribution in [2.75, 3.05) is 13.2 Å². The predicted molar refractivity (Wildman–Crippen MR) is 112 cm³/mol. The Balaban J connectivity index is 1.96. The monoisotopic (exact) mass is 436 g/mol. The SMILES string of the molecule is CCOc1ccc(CN([C@@H]2CCCCNC2=O)S(=O)(=O)c2ccc(Cl)cc2)cc1. The highest BCUT2D eigenvalue weighted by Gasteiger charge is 2.36. The van der Waals surface area contributed by atoms with E-state index in [0.29, 0.717) is 24.6 Å². The van der Waals surface area contributed by atoms with Crippen LogP contribution in [0.1, 0.15) is 31.7 Å². The summed E-state index contributed by atoms with van der Waals surface area (Å²) in [5.74, 6) is 0.460. The van der Waals surface area contributed by atoms with E-state index < -0.39 is 16.1 Å². The number of hydrogen-bond acceptors (Lipinski definition) is 4. The Hall–Kier alpha value is -2.09. The number of benzene rings is 2. The van der Waals surface area contributed by atoms with E-state index in [1.807, 2.05) is 19.1 Å². The molecular weight excluding hydrogens is 412 g/mol. The van der Waals surface area contributed by atoms with Gasteiger partial charge in [0.05, 0.1) is 11.5 Å². The molecule has 6 nitrogen and oxygen atoms in total. The molecule has 8 heteroatoms. The predicted octanol–water partition coefficient (Wildman–Crippen LogP) is 3.60. The van der Waals surface area contributed by atoms with Crippen LogP contribution in [0.5, 0.6) is 5.75 Å². The number of hydrogen-bond donors (Lipinski definition) is 1. The normalized spacial score (nSPS) is 17.6. The van der Waals surface area contributed by atoms with Gasteiger partial charge in [-0.25, -0.2) is 8.42 Å². The second-order valence-corrected chi connectivity index (χ2v) is 9.21. The first-order chi connectivity index (χ1) is 13.9. The molecule has 0 spiro atoms. The molecule has 2 aromatic carbocycles. The minimum atomic E-state index is -3.90. The van der Waals surface area contributed by atoms with Gasteiger partial charge in [-0.2, -0.15) is 4.31 Å². The maximum Gasteiger partial charge on any atom is 0.244 e. The molecule has 0 bridgehead atoms. The fourth-order valence-corrected chi connectivity index (χ4v) is 5.07. The molecule has 0 radical (unpaired) electrons. The van der Waals surface area contributed by atoms with Gasteiger partial charge in [0.1, 0.15) is 11.8 Å². The molecule has 1 N–H and O–H groups in total. The number of sulfonamides is 1. The molecule has 0 saturated carbocycles. The number of ether oxygens (including phenoxy) is 1. The summed E-state index contributed by atoms with van der Waals surface area (Å²) in [6.07, 6.45) is 2.09. The number of amides is 1. The Morgan fingerprint density at radius 2 is 1.79 bits per heavy atom. The zero-order chi connectivity index (χ0) is 20.9. The van der Waals surface area contributed by atoms with E-state index in [0.717, 1.165) is 24.2 Å². The third-order valence-electron chi connectivity index (χ3n) is 4.85. The van der Waals surface area contributed by atoms with Crippen LogP contribution in [0, 0.1) is 0 Å². The van der Waals surface area contributed by atoms with E-state index in [4.69, 9.17) is 16.3 Å². The molecule has 1 heterocycles. The van der Waals surface area contributed by atoms with Gasteiger partial charge in [0, 0.05) is 18.1 Å². The molecule has 29 heavy (non-hydrogen) atoms. The van der Waals surface area contributed by atoms with Crippen LogP contribution in [0.25, 0.3) is 0 Å². The average Bonchev–Trinajstić information content (AvgIpc) is 2.92. The Morgan fingerprint density at radius 1 is 1.10 bits per heavy atom. The maximum atomic E-state index is 13.5. The standard InChI is InChI=1S/C21H25ClN2O4S/c1-2-28-18-10-6-16(7-11-18)15-24(20-5-3-4-14-23-21(20)25)29(26,27)19-12-8-17(22)9-13-19/h6-13,20H,2-5,14-15H2,1H3,(H,23,25)/t20-/m1/s1. The molecule has 0 aliphatic carbocycles. The molecule has 0 unspecified atom stereocenters. The number of carbonyl (C=O) groups excluding carboxylic acids is 1. The van der Waals surface area contributed by atoms with Crippen molar-refractivity contribution in [3.63, 3.8) is 0 Å². The summed E-state index contributed by atoms with van der Waals surface area (Å²) in [7, 11) is -3.90. The van der Waals surface area contributed by atoms with Gasteiger partial charge in [-0.3, -0.25) is 4.79 Å². The van der Waals surface area contributed by atoms with Crippen LogP contribution in [-0.2, 0) is 21.4 Å². The van der Waals surface area contributed by atoms with Gasteiger partial charge < -0.3 is 10.1 Å². The van der Waals surface area contributed by atoms with E-state index in [2.05, 4.69) is 5.32 Å². The lowest BCUT2D eigenvalue weighted by Gasteiger charge is -2.29. The van der Waals surface area contributed by atoms with E-state index >= 15 is 0 Å². The van der Waals surface area contributed by atoms with Crippen LogP contribution in [0.4, 0.5) is 0 Å². The molecule has 1 fully saturated rings. The zero-order valence-corrected chi connectivity index (χ0v) is 17.9. The van der Waals surface area contributed by atoms with Crippen molar-refractivity contribution in [3.05, 3.63) is 59.1 Å². The van der Waals surface area contributed by atoms with E-state index in [1.54, 1.807) is 12.1 Å². The molecule has 1 amide bonds. The molecule has 1 aliphatic rings. The van der Waals surface area contributed by atoms with Crippen molar-refractivity contribution in [2.24, 2.45) is 0 Å². The minimum absolute atomic E-state index is 0.0927. The molecule has 3 rings (SSSR count). The van der Waals surface area contributed by atoms with Gasteiger partial charge in [-0.15, -0.1) is 0 Å². The summed E-state index contributed by atoms with van der Waals surface area (Å²) in [6.45, 7) is 3.11. The largest absolute Gasteiger partial charge is 0.494 e. The number of nitrogens with zero attached hydrogens (tertiary/aromatic N) is 1. The van der Waals surface area contributed by atoms with Crippen LogP contribution >= 0.6 is 11.6 Å². The summed E-state index contributed by atoms with van der Waals surface area (Å²) in [5.41, 5.74) is 0.781. The Kier molecular flexibility index (Phi) is 7.16. The zero-order valence-electron chi connectivity index (χ0n) is 16.3. The highest BCUT2D eigenvalue weighted by atomic mass is 35.5. The number of rotatable bonds is 7. The molecule has 1 aliphatic heterocycles. The summed E-state index contributed by atoms with van der Waals surface area (Å²) >= 11 is 5.92. The quantitative estimate of drug-likeness (QED) is 0.719. The fraction of sp³-hybridized carbons (Fsp3) is 0.381. The lowest BCUT2D eigenvalue weighted by Crippen LogP contribution is -2.48. The van der Waals surface area contributed by atoms with Crippen LogP contribution < -0.4 is 10.1 Å². The van der Waals surface area contributed by atoms with Crippen molar-refractivity contribution in [3.8, 4) is 5.75 Å². The van der Waals surface area contributed by atoms with Crippen molar-refractivity contribution in [1.82, 2.24) is 9.62 Å². The Morgan fingerprint density at radius 3 is 2.45 bits per heavy atom. The van der Waals surface area contributed by atoms with Crippen LogP contribution in [0.2, 0.25) is 5.02 Å². The van der Waals surface area contributed by atoms with Crippen molar-refractivity contribution >= 4 is 27.5 Å². The van der Waals surface area contributed by atoms with Crippen molar-refractivity contribution in [1.29, 1.82) is 0 Å². The lowest BCUT2D eigenvalue weighted by molar-refractivity contribution is -0.124. The molecule has 1 saturated heterocycles. The second kappa shape index (κ2) is 9.61. The maximum absolute atomic E-state index is 13.5. The third kappa shape index (κ3) is 5.29. The lowest BCUT2D eigenvalue weighted by atomic mass is 10.1. The molecule has 156 valence electrons. The van der Waals surface area contributed by atoms with Crippen LogP contribution in [-0.4, -0.2) is 37.8 Å². The summed E-state index contributed by atoms with van der Waals surface area (Å²) in [5, 5.41) is 3.29. The molecule has 2 aromatic rings. The fourth-order valence-electron chi connectivity index (χ4n) is 3.34. The van der Waals surface area contributed by atoms with Gasteiger partial charge in [0.15, 0.2) is 0 Å². The average molecular weight is 437 g/mol. The topological polar surface area (TPSA) is 75.7 Å². The summed E-state index contributed by atoms with van der Waals surface area (Å²) < 4.78 is 33.7. The number of nitrogens with one attached hydrogen (secondary N) is 1. The third-order valence-corrected chi connectivity index (χ3v) is 6.97. The van der Waals surface area contributed by atoms with Crippen LogP contribution in [0.3, 0.4) is 0 Å². The van der Waals surface area contributed by atoms with E-state index in [1.165, 1.54) is 28.6 Å². The first-order valence-electron chi connectivity index (χ1n) is 9.68. The number of carbonyl (C=O) groups is 1. The van der Waals surface area contributed by atoms with Crippen LogP contribution in [0.15, 0.2) is 53.4 Å². The van der Waals surface area contributed by atoms with Crippen molar-refractivity contribution < 1.29 is 17.9 Å². The summed E-state index contributed by atoms with van der Waals surface area (Å²) in [4.78, 5) is 12.8. The Labute approximate surface area is 176 Å². The van der Waals surface area contributed by atoms with Gasteiger partial charge in [-0.1, -0.05) is 23.7 Å². The second-order valence-electron chi connectivity index (χ2n) is 6.88. The highest BCUT2D eigenvalue weighted by molar-refractivity contribution is 7.89. The molecular formula is C21H25ClN2O4S. The van der Waals surface area contributed by atoms with E-state index in [-0.39, 0.29) is 17.3 Å². The first kappa shape index (κ1) is 21.6.